The molecule has 0 fully saturated rings. The zero-order valence-electron chi connectivity index (χ0n) is 10.3. The van der Waals surface area contributed by atoms with Crippen LogP contribution in [0.25, 0.3) is 0 Å². The number of thiocarbonyl (C=S) groups is 1. The molecule has 0 radical (unpaired) electrons. The maximum atomic E-state index is 13.6. The molecule has 20 heavy (non-hydrogen) atoms. The summed E-state index contributed by atoms with van der Waals surface area (Å²) < 4.78 is 13.6. The molecule has 0 spiro atoms. The number of hydrogen-bond donors (Lipinski definition) is 2. The molecule has 0 aliphatic carbocycles. The fourth-order valence-corrected chi connectivity index (χ4v) is 2.12. The average molecular weight is 329 g/mol. The van der Waals surface area contributed by atoms with Gasteiger partial charge in [0.1, 0.15) is 5.82 Å². The molecule has 6 heteroatoms. The molecule has 104 valence electrons. The minimum atomic E-state index is -0.365. The van der Waals surface area contributed by atoms with E-state index in [1.54, 1.807) is 24.3 Å². The molecule has 0 unspecified atom stereocenters. The second-order valence-corrected chi connectivity index (χ2v) is 5.33. The van der Waals surface area contributed by atoms with Crippen molar-refractivity contribution < 1.29 is 4.39 Å². The van der Waals surface area contributed by atoms with Gasteiger partial charge in [0.2, 0.25) is 0 Å². The van der Waals surface area contributed by atoms with Crippen molar-refractivity contribution in [3.8, 4) is 0 Å². The minimum absolute atomic E-state index is 0.273. The molecular formula is C14H11Cl2FN2S. The van der Waals surface area contributed by atoms with Gasteiger partial charge in [-0.2, -0.15) is 0 Å². The lowest BCUT2D eigenvalue weighted by molar-refractivity contribution is 0.606. The number of anilines is 1. The van der Waals surface area contributed by atoms with Crippen LogP contribution in [0.2, 0.25) is 10.0 Å². The molecule has 0 amide bonds. The van der Waals surface area contributed by atoms with Crippen LogP contribution in [0.5, 0.6) is 0 Å². The molecular weight excluding hydrogens is 318 g/mol. The van der Waals surface area contributed by atoms with Gasteiger partial charge < -0.3 is 10.6 Å². The van der Waals surface area contributed by atoms with Gasteiger partial charge in [0.25, 0.3) is 0 Å². The van der Waals surface area contributed by atoms with E-state index >= 15 is 0 Å². The predicted molar refractivity (Wildman–Crippen MR) is 85.9 cm³/mol. The van der Waals surface area contributed by atoms with Crippen molar-refractivity contribution in [2.45, 2.75) is 6.54 Å². The number of hydrogen-bond acceptors (Lipinski definition) is 1. The second kappa shape index (κ2) is 6.88. The molecule has 0 atom stereocenters. The number of rotatable bonds is 3. The van der Waals surface area contributed by atoms with E-state index in [0.717, 1.165) is 5.69 Å². The van der Waals surface area contributed by atoms with Crippen LogP contribution in [0.3, 0.4) is 0 Å². The maximum Gasteiger partial charge on any atom is 0.171 e. The SMILES string of the molecule is Fc1cc(Cl)ccc1CNC(=S)Nc1cccc(Cl)c1. The first-order valence-electron chi connectivity index (χ1n) is 5.79. The third-order valence-electron chi connectivity index (χ3n) is 2.54. The summed E-state index contributed by atoms with van der Waals surface area (Å²) >= 11 is 16.7. The quantitative estimate of drug-likeness (QED) is 0.804. The largest absolute Gasteiger partial charge is 0.358 e. The van der Waals surface area contributed by atoms with E-state index in [1.807, 2.05) is 12.1 Å². The lowest BCUT2D eigenvalue weighted by Gasteiger charge is -2.11. The summed E-state index contributed by atoms with van der Waals surface area (Å²) in [5.74, 6) is -0.365. The highest BCUT2D eigenvalue weighted by molar-refractivity contribution is 7.80. The van der Waals surface area contributed by atoms with Crippen LogP contribution in [-0.4, -0.2) is 5.11 Å². The lowest BCUT2D eigenvalue weighted by atomic mass is 10.2. The van der Waals surface area contributed by atoms with Crippen LogP contribution in [0.1, 0.15) is 5.56 Å². The van der Waals surface area contributed by atoms with Crippen molar-refractivity contribution in [1.29, 1.82) is 0 Å². The molecule has 2 aromatic rings. The Morgan fingerprint density at radius 1 is 1.10 bits per heavy atom. The van der Waals surface area contributed by atoms with Gasteiger partial charge in [0.15, 0.2) is 5.11 Å². The Morgan fingerprint density at radius 2 is 1.85 bits per heavy atom. The smallest absolute Gasteiger partial charge is 0.171 e. The Bertz CT molecular complexity index is 634. The van der Waals surface area contributed by atoms with Gasteiger partial charge in [-0.15, -0.1) is 0 Å². The van der Waals surface area contributed by atoms with E-state index < -0.39 is 0 Å². The Morgan fingerprint density at radius 3 is 2.55 bits per heavy atom. The highest BCUT2D eigenvalue weighted by Crippen LogP contribution is 2.16. The summed E-state index contributed by atoms with van der Waals surface area (Å²) in [6, 6.07) is 11.7. The van der Waals surface area contributed by atoms with E-state index in [1.165, 1.54) is 6.07 Å². The summed E-state index contributed by atoms with van der Waals surface area (Å²) in [7, 11) is 0. The first kappa shape index (κ1) is 15.0. The maximum absolute atomic E-state index is 13.6. The normalized spacial score (nSPS) is 10.2. The summed E-state index contributed by atoms with van der Waals surface area (Å²) in [4.78, 5) is 0. The van der Waals surface area contributed by atoms with Gasteiger partial charge in [-0.1, -0.05) is 35.3 Å². The number of nitrogens with one attached hydrogen (secondary N) is 2. The van der Waals surface area contributed by atoms with E-state index in [-0.39, 0.29) is 12.4 Å². The predicted octanol–water partition coefficient (Wildman–Crippen LogP) is 4.62. The molecule has 0 aromatic heterocycles. The molecule has 0 saturated carbocycles. The average Bonchev–Trinajstić information content (AvgIpc) is 2.37. The summed E-state index contributed by atoms with van der Waals surface area (Å²) in [6.45, 7) is 0.273. The van der Waals surface area contributed by atoms with Gasteiger partial charge in [0, 0.05) is 27.8 Å². The zero-order valence-corrected chi connectivity index (χ0v) is 12.6. The van der Waals surface area contributed by atoms with Crippen LogP contribution in [0.4, 0.5) is 10.1 Å². The Hall–Kier alpha value is -1.36. The monoisotopic (exact) mass is 328 g/mol. The van der Waals surface area contributed by atoms with Crippen LogP contribution < -0.4 is 10.6 Å². The van der Waals surface area contributed by atoms with Crippen molar-refractivity contribution in [2.24, 2.45) is 0 Å². The van der Waals surface area contributed by atoms with Crippen LogP contribution in [0, 0.1) is 5.82 Å². The first-order valence-corrected chi connectivity index (χ1v) is 6.95. The highest BCUT2D eigenvalue weighted by atomic mass is 35.5. The molecule has 0 aliphatic rings. The van der Waals surface area contributed by atoms with Gasteiger partial charge in [-0.3, -0.25) is 0 Å². The van der Waals surface area contributed by atoms with E-state index in [0.29, 0.717) is 20.7 Å². The topological polar surface area (TPSA) is 24.1 Å². The number of benzene rings is 2. The highest BCUT2D eigenvalue weighted by Gasteiger charge is 2.04. The van der Waals surface area contributed by atoms with Gasteiger partial charge in [-0.25, -0.2) is 4.39 Å². The first-order chi connectivity index (χ1) is 9.54. The van der Waals surface area contributed by atoms with Crippen molar-refractivity contribution in [1.82, 2.24) is 5.32 Å². The Balaban J connectivity index is 1.92. The van der Waals surface area contributed by atoms with Crippen molar-refractivity contribution in [3.63, 3.8) is 0 Å². The zero-order chi connectivity index (χ0) is 14.5. The summed E-state index contributed by atoms with van der Waals surface area (Å²) in [5, 5.41) is 7.26. The molecule has 2 N–H and O–H groups in total. The summed E-state index contributed by atoms with van der Waals surface area (Å²) in [5.41, 5.74) is 1.26. The fraction of sp³-hybridized carbons (Fsp3) is 0.0714. The third kappa shape index (κ3) is 4.34. The standard InChI is InChI=1S/C14H11Cl2FN2S/c15-10-2-1-3-12(6-10)19-14(20)18-8-9-4-5-11(16)7-13(9)17/h1-7H,8H2,(H2,18,19,20). The van der Waals surface area contributed by atoms with Crippen LogP contribution in [-0.2, 0) is 6.54 Å². The number of halogens is 3. The van der Waals surface area contributed by atoms with Crippen LogP contribution >= 0.6 is 35.4 Å². The molecule has 2 aromatic carbocycles. The Labute approximate surface area is 131 Å². The molecule has 0 heterocycles. The van der Waals surface area contributed by atoms with E-state index in [9.17, 15) is 4.39 Å². The van der Waals surface area contributed by atoms with Gasteiger partial charge in [-0.05, 0) is 42.5 Å². The van der Waals surface area contributed by atoms with Gasteiger partial charge in [0.05, 0.1) is 0 Å². The van der Waals surface area contributed by atoms with Crippen molar-refractivity contribution in [3.05, 3.63) is 63.9 Å². The van der Waals surface area contributed by atoms with Crippen LogP contribution in [0.15, 0.2) is 42.5 Å². The molecule has 0 bridgehead atoms. The molecule has 2 nitrogen and oxygen atoms in total. The summed E-state index contributed by atoms with van der Waals surface area (Å²) in [6.07, 6.45) is 0. The third-order valence-corrected chi connectivity index (χ3v) is 3.25. The lowest BCUT2D eigenvalue weighted by Crippen LogP contribution is -2.28. The van der Waals surface area contributed by atoms with Crippen molar-refractivity contribution in [2.75, 3.05) is 5.32 Å². The Kier molecular flexibility index (Phi) is 5.17. The second-order valence-electron chi connectivity index (χ2n) is 4.05. The molecule has 2 rings (SSSR count). The fourth-order valence-electron chi connectivity index (χ4n) is 1.58. The molecule has 0 saturated heterocycles. The van der Waals surface area contributed by atoms with Gasteiger partial charge >= 0.3 is 0 Å². The molecule has 0 aliphatic heterocycles. The minimum Gasteiger partial charge on any atom is -0.358 e. The van der Waals surface area contributed by atoms with E-state index in [4.69, 9.17) is 35.4 Å². The van der Waals surface area contributed by atoms with E-state index in [2.05, 4.69) is 10.6 Å². The van der Waals surface area contributed by atoms with Crippen molar-refractivity contribution >= 4 is 46.2 Å².